The van der Waals surface area contributed by atoms with Crippen LogP contribution in [0.25, 0.3) is 0 Å². The summed E-state index contributed by atoms with van der Waals surface area (Å²) in [5.74, 6) is 0.448. The first-order valence-corrected chi connectivity index (χ1v) is 7.57. The zero-order valence-electron chi connectivity index (χ0n) is 12.3. The van der Waals surface area contributed by atoms with E-state index < -0.39 is 6.10 Å². The highest BCUT2D eigenvalue weighted by Crippen LogP contribution is 2.29. The van der Waals surface area contributed by atoms with Crippen LogP contribution in [0.15, 0.2) is 47.1 Å². The fourth-order valence-corrected chi connectivity index (χ4v) is 2.88. The fourth-order valence-electron chi connectivity index (χ4n) is 2.88. The lowest BCUT2D eigenvalue weighted by atomic mass is 9.88. The van der Waals surface area contributed by atoms with Crippen molar-refractivity contribution in [1.29, 1.82) is 0 Å². The molecular weight excluding hydrogens is 280 g/mol. The van der Waals surface area contributed by atoms with Crippen LogP contribution in [-0.4, -0.2) is 17.7 Å². The van der Waals surface area contributed by atoms with Gasteiger partial charge in [0.1, 0.15) is 11.9 Å². The summed E-state index contributed by atoms with van der Waals surface area (Å²) in [6, 6.07) is 11.4. The van der Waals surface area contributed by atoms with Crippen LogP contribution in [0.3, 0.4) is 0 Å². The smallest absolute Gasteiger partial charge is 0.315 e. The largest absolute Gasteiger partial charge is 0.467 e. The summed E-state index contributed by atoms with van der Waals surface area (Å²) in [4.78, 5) is 12.0. The number of carbonyl (C=O) groups is 1. The molecule has 0 spiro atoms. The summed E-state index contributed by atoms with van der Waals surface area (Å²) in [6.07, 6.45) is 3.73. The first-order chi connectivity index (χ1) is 10.7. The van der Waals surface area contributed by atoms with Crippen molar-refractivity contribution < 1.29 is 14.3 Å². The Kier molecular flexibility index (Phi) is 4.44. The van der Waals surface area contributed by atoms with Crippen LogP contribution in [0.4, 0.5) is 4.79 Å². The summed E-state index contributed by atoms with van der Waals surface area (Å²) in [6.45, 7) is 0.119. The molecule has 2 atom stereocenters. The van der Waals surface area contributed by atoms with E-state index in [2.05, 4.69) is 22.8 Å². The van der Waals surface area contributed by atoms with Crippen molar-refractivity contribution in [1.82, 2.24) is 10.6 Å². The van der Waals surface area contributed by atoms with E-state index in [1.807, 2.05) is 12.1 Å². The molecule has 2 unspecified atom stereocenters. The van der Waals surface area contributed by atoms with Crippen molar-refractivity contribution in [3.8, 4) is 0 Å². The summed E-state index contributed by atoms with van der Waals surface area (Å²) >= 11 is 0. The lowest BCUT2D eigenvalue weighted by Gasteiger charge is -2.26. The van der Waals surface area contributed by atoms with Crippen LogP contribution in [0.2, 0.25) is 0 Å². The van der Waals surface area contributed by atoms with E-state index in [1.54, 1.807) is 12.1 Å². The van der Waals surface area contributed by atoms with E-state index in [0.29, 0.717) is 5.76 Å². The quantitative estimate of drug-likeness (QED) is 0.812. The highest BCUT2D eigenvalue weighted by atomic mass is 16.4. The summed E-state index contributed by atoms with van der Waals surface area (Å²) in [7, 11) is 0. The van der Waals surface area contributed by atoms with E-state index in [9.17, 15) is 9.90 Å². The van der Waals surface area contributed by atoms with Gasteiger partial charge in [-0.25, -0.2) is 4.79 Å². The highest BCUT2D eigenvalue weighted by Gasteiger charge is 2.21. The van der Waals surface area contributed by atoms with Gasteiger partial charge in [0.05, 0.1) is 18.8 Å². The van der Waals surface area contributed by atoms with Crippen molar-refractivity contribution in [2.45, 2.75) is 31.4 Å². The molecule has 2 amide bonds. The van der Waals surface area contributed by atoms with E-state index in [0.717, 1.165) is 19.3 Å². The fraction of sp³-hybridized carbons (Fsp3) is 0.353. The third kappa shape index (κ3) is 3.31. The van der Waals surface area contributed by atoms with Crippen molar-refractivity contribution in [3.63, 3.8) is 0 Å². The predicted octanol–water partition coefficient (Wildman–Crippen LogP) is 2.69. The van der Waals surface area contributed by atoms with Gasteiger partial charge in [0.25, 0.3) is 0 Å². The molecular formula is C17H20N2O3. The van der Waals surface area contributed by atoms with Crippen LogP contribution >= 0.6 is 0 Å². The number of fused-ring (bicyclic) bond motifs is 1. The van der Waals surface area contributed by atoms with Crippen molar-refractivity contribution >= 4 is 6.03 Å². The average molecular weight is 300 g/mol. The van der Waals surface area contributed by atoms with E-state index in [-0.39, 0.29) is 18.6 Å². The minimum atomic E-state index is -0.834. The molecule has 116 valence electrons. The van der Waals surface area contributed by atoms with Crippen LogP contribution in [0.5, 0.6) is 0 Å². The van der Waals surface area contributed by atoms with Gasteiger partial charge in [0, 0.05) is 0 Å². The molecule has 1 aliphatic rings. The molecule has 1 heterocycles. The van der Waals surface area contributed by atoms with Gasteiger partial charge < -0.3 is 20.2 Å². The molecule has 5 nitrogen and oxygen atoms in total. The second-order valence-corrected chi connectivity index (χ2v) is 5.53. The Morgan fingerprint density at radius 3 is 3.00 bits per heavy atom. The second kappa shape index (κ2) is 6.66. The number of aliphatic hydroxyl groups excluding tert-OH is 1. The molecule has 0 bridgehead atoms. The number of carbonyl (C=O) groups excluding carboxylic acids is 1. The molecule has 1 aromatic carbocycles. The second-order valence-electron chi connectivity index (χ2n) is 5.53. The number of furan rings is 1. The molecule has 3 N–H and O–H groups in total. The molecule has 22 heavy (non-hydrogen) atoms. The molecule has 5 heteroatoms. The topological polar surface area (TPSA) is 74.5 Å². The summed E-state index contributed by atoms with van der Waals surface area (Å²) in [5, 5.41) is 15.6. The van der Waals surface area contributed by atoms with Crippen molar-refractivity contribution in [3.05, 3.63) is 59.5 Å². The first kappa shape index (κ1) is 14.7. The van der Waals surface area contributed by atoms with Crippen molar-refractivity contribution in [2.75, 3.05) is 6.54 Å². The Morgan fingerprint density at radius 2 is 2.18 bits per heavy atom. The van der Waals surface area contributed by atoms with Gasteiger partial charge in [-0.2, -0.15) is 0 Å². The zero-order chi connectivity index (χ0) is 15.4. The van der Waals surface area contributed by atoms with Crippen LogP contribution in [0.1, 0.15) is 41.9 Å². The van der Waals surface area contributed by atoms with Gasteiger partial charge in [-0.3, -0.25) is 0 Å². The molecule has 1 aliphatic carbocycles. The number of hydrogen-bond acceptors (Lipinski definition) is 3. The van der Waals surface area contributed by atoms with Crippen LogP contribution < -0.4 is 10.6 Å². The molecule has 0 aliphatic heterocycles. The standard InChI is InChI=1S/C17H20N2O3/c20-15(16-9-4-10-22-16)11-18-17(21)19-14-8-3-6-12-5-1-2-7-13(12)14/h1-2,4-5,7,9-10,14-15,20H,3,6,8,11H2,(H2,18,19,21). The number of hydrogen-bond donors (Lipinski definition) is 3. The first-order valence-electron chi connectivity index (χ1n) is 7.57. The van der Waals surface area contributed by atoms with Crippen LogP contribution in [0, 0.1) is 0 Å². The lowest BCUT2D eigenvalue weighted by Crippen LogP contribution is -2.40. The van der Waals surface area contributed by atoms with Gasteiger partial charge in [0.15, 0.2) is 0 Å². The lowest BCUT2D eigenvalue weighted by molar-refractivity contribution is 0.147. The third-order valence-corrected chi connectivity index (χ3v) is 4.00. The van der Waals surface area contributed by atoms with Gasteiger partial charge >= 0.3 is 6.03 Å². The maximum absolute atomic E-state index is 12.0. The molecule has 0 saturated heterocycles. The number of rotatable bonds is 4. The average Bonchev–Trinajstić information content (AvgIpc) is 3.07. The predicted molar refractivity (Wildman–Crippen MR) is 82.3 cm³/mol. The van der Waals surface area contributed by atoms with E-state index >= 15 is 0 Å². The Bertz CT molecular complexity index is 625. The number of benzene rings is 1. The minimum absolute atomic E-state index is 0.0331. The van der Waals surface area contributed by atoms with Gasteiger partial charge in [-0.05, 0) is 42.5 Å². The minimum Gasteiger partial charge on any atom is -0.467 e. The molecule has 3 rings (SSSR count). The maximum Gasteiger partial charge on any atom is 0.315 e. The summed E-state index contributed by atoms with van der Waals surface area (Å²) < 4.78 is 5.10. The maximum atomic E-state index is 12.0. The number of aryl methyl sites for hydroxylation is 1. The van der Waals surface area contributed by atoms with Gasteiger partial charge in [-0.15, -0.1) is 0 Å². The Morgan fingerprint density at radius 1 is 1.32 bits per heavy atom. The monoisotopic (exact) mass is 300 g/mol. The highest BCUT2D eigenvalue weighted by molar-refractivity contribution is 5.74. The Labute approximate surface area is 129 Å². The van der Waals surface area contributed by atoms with E-state index in [4.69, 9.17) is 4.42 Å². The van der Waals surface area contributed by atoms with Crippen molar-refractivity contribution in [2.24, 2.45) is 0 Å². The SMILES string of the molecule is O=C(NCC(O)c1ccco1)NC1CCCc2ccccc21. The normalized spacial score (nSPS) is 18.3. The van der Waals surface area contributed by atoms with Gasteiger partial charge in [0.2, 0.25) is 0 Å². The number of amides is 2. The molecule has 1 aromatic heterocycles. The van der Waals surface area contributed by atoms with E-state index in [1.165, 1.54) is 17.4 Å². The molecule has 0 saturated carbocycles. The van der Waals surface area contributed by atoms with Gasteiger partial charge in [-0.1, -0.05) is 24.3 Å². The Hall–Kier alpha value is -2.27. The summed E-state index contributed by atoms with van der Waals surface area (Å²) in [5.41, 5.74) is 2.49. The molecule has 2 aromatic rings. The number of nitrogens with one attached hydrogen (secondary N) is 2. The third-order valence-electron chi connectivity index (χ3n) is 4.00. The Balaban J connectivity index is 1.54. The number of aliphatic hydroxyl groups is 1. The number of urea groups is 1. The molecule has 0 fully saturated rings. The zero-order valence-corrected chi connectivity index (χ0v) is 12.3. The molecule has 0 radical (unpaired) electrons. The van der Waals surface area contributed by atoms with Crippen LogP contribution in [-0.2, 0) is 6.42 Å².